The van der Waals surface area contributed by atoms with Gasteiger partial charge in [0.15, 0.2) is 0 Å². The number of alkyl halides is 6. The summed E-state index contributed by atoms with van der Waals surface area (Å²) in [7, 11) is 0. The first-order chi connectivity index (χ1) is 12.9. The maximum absolute atomic E-state index is 12.8. The van der Waals surface area contributed by atoms with Gasteiger partial charge in [-0.1, -0.05) is 6.58 Å². The van der Waals surface area contributed by atoms with Gasteiger partial charge in [-0.25, -0.2) is 0 Å². The van der Waals surface area contributed by atoms with E-state index in [-0.39, 0.29) is 16.6 Å². The van der Waals surface area contributed by atoms with E-state index in [1.807, 2.05) is 0 Å². The second-order valence-electron chi connectivity index (χ2n) is 6.32. The summed E-state index contributed by atoms with van der Waals surface area (Å²) >= 11 is 0.981. The van der Waals surface area contributed by atoms with Crippen molar-refractivity contribution in [1.29, 1.82) is 0 Å². The second-order valence-corrected chi connectivity index (χ2v) is 7.40. The quantitative estimate of drug-likeness (QED) is 0.375. The number of carbonyl (C=O) groups is 1. The number of allylic oxidation sites excluding steroid dienone is 1. The number of likely N-dealkylation sites (tertiary alicyclic amines) is 1. The molecule has 4 nitrogen and oxygen atoms in total. The van der Waals surface area contributed by atoms with Gasteiger partial charge in [0.05, 0.1) is 15.5 Å². The highest BCUT2D eigenvalue weighted by Crippen LogP contribution is 2.31. The van der Waals surface area contributed by atoms with E-state index in [9.17, 15) is 31.1 Å². The van der Waals surface area contributed by atoms with Crippen molar-refractivity contribution >= 4 is 23.0 Å². The lowest BCUT2D eigenvalue weighted by Gasteiger charge is -2.26. The Labute approximate surface area is 162 Å². The maximum Gasteiger partial charge on any atom is 0.432 e. The molecule has 2 heterocycles. The van der Waals surface area contributed by atoms with Crippen molar-refractivity contribution in [2.45, 2.75) is 38.5 Å². The lowest BCUT2D eigenvalue weighted by Crippen LogP contribution is -2.35. The largest absolute Gasteiger partial charge is 0.432 e. The van der Waals surface area contributed by atoms with Gasteiger partial charge in [-0.15, -0.1) is 11.3 Å². The highest BCUT2D eigenvalue weighted by molar-refractivity contribution is 7.16. The van der Waals surface area contributed by atoms with Crippen molar-refractivity contribution in [1.82, 2.24) is 9.91 Å². The Balaban J connectivity index is 2.22. The van der Waals surface area contributed by atoms with Crippen LogP contribution in [-0.2, 0) is 0 Å². The molecule has 1 aliphatic heterocycles. The molecule has 0 bridgehead atoms. The minimum Gasteiger partial charge on any atom is -0.338 e. The van der Waals surface area contributed by atoms with Crippen LogP contribution in [0.15, 0.2) is 29.5 Å². The summed E-state index contributed by atoms with van der Waals surface area (Å²) < 4.78 is 76.4. The molecule has 0 unspecified atom stereocenters. The molecule has 2 rings (SSSR count). The molecule has 1 aromatic rings. The van der Waals surface area contributed by atoms with Crippen molar-refractivity contribution in [3.63, 3.8) is 0 Å². The summed E-state index contributed by atoms with van der Waals surface area (Å²) in [5, 5.41) is 3.27. The van der Waals surface area contributed by atoms with Crippen LogP contribution in [0.25, 0.3) is 0 Å². The Morgan fingerprint density at radius 2 is 1.71 bits per heavy atom. The van der Waals surface area contributed by atoms with E-state index in [0.29, 0.717) is 22.8 Å². The lowest BCUT2D eigenvalue weighted by molar-refractivity contribution is -0.158. The third-order valence-electron chi connectivity index (χ3n) is 4.06. The van der Waals surface area contributed by atoms with E-state index in [1.165, 1.54) is 19.1 Å². The number of piperidine rings is 1. The van der Waals surface area contributed by atoms with Gasteiger partial charge in [-0.2, -0.15) is 31.4 Å². The van der Waals surface area contributed by atoms with Gasteiger partial charge >= 0.3 is 12.4 Å². The first-order valence-electron chi connectivity index (χ1n) is 8.43. The number of nitrogens with zero attached hydrogens (tertiary/aromatic N) is 3. The van der Waals surface area contributed by atoms with E-state index in [2.05, 4.69) is 11.7 Å². The number of thiophene rings is 1. The van der Waals surface area contributed by atoms with Crippen molar-refractivity contribution < 1.29 is 31.1 Å². The van der Waals surface area contributed by atoms with E-state index >= 15 is 0 Å². The number of carbonyl (C=O) groups excluding carboxylic acids is 1. The molecule has 1 fully saturated rings. The molecule has 0 radical (unpaired) electrons. The monoisotopic (exact) mass is 427 g/mol. The molecule has 0 aliphatic carbocycles. The molecule has 1 aromatic heterocycles. The third kappa shape index (κ3) is 5.98. The number of amides is 1. The summed E-state index contributed by atoms with van der Waals surface area (Å²) in [6.45, 7) is 3.31. The fourth-order valence-electron chi connectivity index (χ4n) is 2.64. The number of hydrogen-bond acceptors (Lipinski definition) is 4. The Hall–Kier alpha value is -2.04. The van der Waals surface area contributed by atoms with Gasteiger partial charge in [0.2, 0.25) is 0 Å². The number of hydrogen-bond donors (Lipinski definition) is 0. The fraction of sp³-hybridized carbons (Fsp3) is 0.529. The molecule has 11 heteroatoms. The van der Waals surface area contributed by atoms with Crippen molar-refractivity contribution in [2.24, 2.45) is 5.10 Å². The van der Waals surface area contributed by atoms with Gasteiger partial charge < -0.3 is 4.90 Å². The van der Waals surface area contributed by atoms with Crippen LogP contribution in [0.3, 0.4) is 0 Å². The second kappa shape index (κ2) is 8.54. The standard InChI is InChI=1S/C17H19F6N3OS/c1-11(24-26(10-16(18,19)20)12(2)17(21,22)23)13-6-7-14(28-13)15(27)25-8-4-3-5-9-25/h6-7H,2-5,8-10H2,1H3/b24-11+. The first-order valence-corrected chi connectivity index (χ1v) is 9.25. The summed E-state index contributed by atoms with van der Waals surface area (Å²) in [5.74, 6) is -0.199. The van der Waals surface area contributed by atoms with Crippen LogP contribution in [0.4, 0.5) is 26.3 Å². The van der Waals surface area contributed by atoms with Gasteiger partial charge in [-0.3, -0.25) is 9.80 Å². The number of hydrazone groups is 1. The van der Waals surface area contributed by atoms with E-state index < -0.39 is 24.6 Å². The average Bonchev–Trinajstić information content (AvgIpc) is 3.09. The first kappa shape index (κ1) is 22.3. The van der Waals surface area contributed by atoms with Crippen LogP contribution in [0.2, 0.25) is 0 Å². The molecule has 0 N–H and O–H groups in total. The molecular formula is C17H19F6N3OS. The fourth-order valence-corrected chi connectivity index (χ4v) is 3.55. The van der Waals surface area contributed by atoms with Gasteiger partial charge in [-0.05, 0) is 38.3 Å². The van der Waals surface area contributed by atoms with E-state index in [4.69, 9.17) is 0 Å². The van der Waals surface area contributed by atoms with E-state index in [1.54, 1.807) is 4.90 Å². The zero-order valence-corrected chi connectivity index (χ0v) is 15.8. The summed E-state index contributed by atoms with van der Waals surface area (Å²) in [5.41, 5.74) is -1.79. The van der Waals surface area contributed by atoms with Crippen LogP contribution in [-0.4, -0.2) is 53.5 Å². The summed E-state index contributed by atoms with van der Waals surface area (Å²) in [4.78, 5) is 14.8. The number of rotatable bonds is 5. The Morgan fingerprint density at radius 1 is 1.14 bits per heavy atom. The molecule has 28 heavy (non-hydrogen) atoms. The topological polar surface area (TPSA) is 35.9 Å². The van der Waals surface area contributed by atoms with Crippen LogP contribution < -0.4 is 0 Å². The Kier molecular flexibility index (Phi) is 6.79. The molecule has 0 atom stereocenters. The number of halogens is 6. The molecule has 1 aliphatic rings. The predicted octanol–water partition coefficient (Wildman–Crippen LogP) is 5.04. The molecule has 0 saturated carbocycles. The van der Waals surface area contributed by atoms with Crippen LogP contribution in [0.1, 0.15) is 40.7 Å². The summed E-state index contributed by atoms with van der Waals surface area (Å²) in [6.07, 6.45) is -7.11. The third-order valence-corrected chi connectivity index (χ3v) is 5.24. The lowest BCUT2D eigenvalue weighted by atomic mass is 10.1. The molecule has 1 saturated heterocycles. The van der Waals surface area contributed by atoms with Crippen molar-refractivity contribution in [3.05, 3.63) is 34.2 Å². The smallest absolute Gasteiger partial charge is 0.338 e. The van der Waals surface area contributed by atoms with Gasteiger partial charge in [0.1, 0.15) is 12.2 Å². The van der Waals surface area contributed by atoms with Crippen LogP contribution in [0, 0.1) is 0 Å². The van der Waals surface area contributed by atoms with Crippen LogP contribution >= 0.6 is 11.3 Å². The zero-order chi connectivity index (χ0) is 21.1. The summed E-state index contributed by atoms with van der Waals surface area (Å²) in [6, 6.07) is 2.96. The molecule has 1 amide bonds. The maximum atomic E-state index is 12.8. The highest BCUT2D eigenvalue weighted by Gasteiger charge is 2.41. The molecule has 0 spiro atoms. The molecular weight excluding hydrogens is 408 g/mol. The van der Waals surface area contributed by atoms with Crippen molar-refractivity contribution in [2.75, 3.05) is 19.6 Å². The molecule has 156 valence electrons. The predicted molar refractivity (Wildman–Crippen MR) is 94.2 cm³/mol. The SMILES string of the molecule is C=C(N(CC(F)(F)F)/N=C(\C)c1ccc(C(=O)N2CCCCC2)s1)C(F)(F)F. The minimum absolute atomic E-state index is 0.0719. The highest BCUT2D eigenvalue weighted by atomic mass is 32.1. The van der Waals surface area contributed by atoms with Crippen molar-refractivity contribution in [3.8, 4) is 0 Å². The zero-order valence-electron chi connectivity index (χ0n) is 15.0. The Bertz CT molecular complexity index is 747. The van der Waals surface area contributed by atoms with E-state index in [0.717, 1.165) is 30.6 Å². The minimum atomic E-state index is -5.06. The normalized spacial score (nSPS) is 16.2. The average molecular weight is 427 g/mol. The van der Waals surface area contributed by atoms with Gasteiger partial charge in [0.25, 0.3) is 5.91 Å². The molecule has 0 aromatic carbocycles. The Morgan fingerprint density at radius 3 is 2.25 bits per heavy atom. The van der Waals surface area contributed by atoms with Gasteiger partial charge in [0, 0.05) is 13.1 Å². The van der Waals surface area contributed by atoms with Crippen LogP contribution in [0.5, 0.6) is 0 Å².